The van der Waals surface area contributed by atoms with Gasteiger partial charge in [0.05, 0.1) is 0 Å². The van der Waals surface area contributed by atoms with Gasteiger partial charge in [0.15, 0.2) is 0 Å². The van der Waals surface area contributed by atoms with E-state index < -0.39 is 12.1 Å². The molecule has 0 saturated carbocycles. The van der Waals surface area contributed by atoms with Gasteiger partial charge in [-0.1, -0.05) is 31.2 Å². The van der Waals surface area contributed by atoms with E-state index in [1.54, 1.807) is 12.1 Å². The van der Waals surface area contributed by atoms with Crippen LogP contribution >= 0.6 is 0 Å². The van der Waals surface area contributed by atoms with Crippen LogP contribution in [-0.2, 0) is 11.2 Å². The highest BCUT2D eigenvalue weighted by Crippen LogP contribution is 2.33. The number of rotatable bonds is 3. The topological polar surface area (TPSA) is 17.1 Å². The third-order valence-electron chi connectivity index (χ3n) is 2.24. The van der Waals surface area contributed by atoms with Gasteiger partial charge in [-0.05, 0) is 17.5 Å². The Morgan fingerprint density at radius 1 is 1.27 bits per heavy atom. The van der Waals surface area contributed by atoms with Crippen LogP contribution in [0.3, 0.4) is 0 Å². The Morgan fingerprint density at radius 2 is 1.80 bits per heavy atom. The lowest BCUT2D eigenvalue weighted by molar-refractivity contribution is -0.155. The van der Waals surface area contributed by atoms with E-state index in [0.717, 1.165) is 12.0 Å². The predicted octanol–water partition coefficient (Wildman–Crippen LogP) is 3.09. The zero-order valence-corrected chi connectivity index (χ0v) is 8.21. The fraction of sp³-hybridized carbons (Fsp3) is 0.364. The standard InChI is InChI=1S/C11H11F3O/c1-2-8-3-5-9(6-4-8)10(7-15)11(12,13)14/h3-7,10H,2H2,1H3. The Balaban J connectivity index is 2.98. The van der Waals surface area contributed by atoms with Gasteiger partial charge in [0, 0.05) is 0 Å². The average Bonchev–Trinajstić information content (AvgIpc) is 2.18. The van der Waals surface area contributed by atoms with Crippen LogP contribution < -0.4 is 0 Å². The number of benzene rings is 1. The summed E-state index contributed by atoms with van der Waals surface area (Å²) in [6.45, 7) is 1.91. The molecule has 0 aliphatic heterocycles. The molecule has 0 aromatic heterocycles. The second-order valence-corrected chi connectivity index (χ2v) is 3.25. The molecule has 0 saturated heterocycles. The molecule has 1 aromatic rings. The molecule has 4 heteroatoms. The molecule has 0 aliphatic carbocycles. The first-order chi connectivity index (χ1) is 6.99. The molecule has 0 spiro atoms. The summed E-state index contributed by atoms with van der Waals surface area (Å²) in [5.41, 5.74) is 0.945. The summed E-state index contributed by atoms with van der Waals surface area (Å²) < 4.78 is 37.1. The molecule has 1 atom stereocenters. The largest absolute Gasteiger partial charge is 0.402 e. The number of aryl methyl sites for hydroxylation is 1. The second-order valence-electron chi connectivity index (χ2n) is 3.25. The van der Waals surface area contributed by atoms with E-state index in [1.165, 1.54) is 12.1 Å². The lowest BCUT2D eigenvalue weighted by atomic mass is 9.98. The Kier molecular flexibility index (Phi) is 3.50. The molecule has 0 fully saturated rings. The van der Waals surface area contributed by atoms with Crippen molar-refractivity contribution in [1.29, 1.82) is 0 Å². The number of carbonyl (C=O) groups is 1. The number of halogens is 3. The summed E-state index contributed by atoms with van der Waals surface area (Å²) in [5, 5.41) is 0. The van der Waals surface area contributed by atoms with Crippen molar-refractivity contribution < 1.29 is 18.0 Å². The molecule has 1 nitrogen and oxygen atoms in total. The molecule has 0 N–H and O–H groups in total. The molecule has 1 rings (SSSR count). The van der Waals surface area contributed by atoms with Crippen molar-refractivity contribution in [2.24, 2.45) is 0 Å². The minimum absolute atomic E-state index is 0.00491. The molecule has 0 amide bonds. The minimum Gasteiger partial charge on any atom is -0.302 e. The van der Waals surface area contributed by atoms with Gasteiger partial charge in [-0.2, -0.15) is 13.2 Å². The van der Waals surface area contributed by atoms with E-state index in [0.29, 0.717) is 0 Å². The highest BCUT2D eigenvalue weighted by atomic mass is 19.4. The quantitative estimate of drug-likeness (QED) is 0.709. The summed E-state index contributed by atoms with van der Waals surface area (Å²) in [4.78, 5) is 10.4. The minimum atomic E-state index is -4.50. The van der Waals surface area contributed by atoms with Gasteiger partial charge in [0.1, 0.15) is 12.2 Å². The highest BCUT2D eigenvalue weighted by molar-refractivity contribution is 5.63. The van der Waals surface area contributed by atoms with Gasteiger partial charge in [-0.25, -0.2) is 0 Å². The molecular formula is C11H11F3O. The van der Waals surface area contributed by atoms with Gasteiger partial charge in [-0.15, -0.1) is 0 Å². The normalized spacial score (nSPS) is 13.6. The predicted molar refractivity (Wildman–Crippen MR) is 50.7 cm³/mol. The second kappa shape index (κ2) is 4.47. The van der Waals surface area contributed by atoms with E-state index in [4.69, 9.17) is 0 Å². The average molecular weight is 216 g/mol. The van der Waals surface area contributed by atoms with E-state index in [9.17, 15) is 18.0 Å². The molecule has 1 aromatic carbocycles. The van der Waals surface area contributed by atoms with Crippen molar-refractivity contribution in [2.75, 3.05) is 0 Å². The third kappa shape index (κ3) is 2.81. The summed E-state index contributed by atoms with van der Waals surface area (Å²) in [5.74, 6) is -2.01. The molecule has 15 heavy (non-hydrogen) atoms. The SMILES string of the molecule is CCc1ccc(C(C=O)C(F)(F)F)cc1. The molecular weight excluding hydrogens is 205 g/mol. The van der Waals surface area contributed by atoms with Crippen LogP contribution in [0.25, 0.3) is 0 Å². The van der Waals surface area contributed by atoms with Crippen LogP contribution in [0.1, 0.15) is 24.0 Å². The van der Waals surface area contributed by atoms with Crippen LogP contribution in [0.2, 0.25) is 0 Å². The van der Waals surface area contributed by atoms with E-state index in [1.807, 2.05) is 6.92 Å². The fourth-order valence-electron chi connectivity index (χ4n) is 1.31. The number of carbonyl (C=O) groups excluding carboxylic acids is 1. The smallest absolute Gasteiger partial charge is 0.302 e. The first-order valence-corrected chi connectivity index (χ1v) is 4.60. The maximum Gasteiger partial charge on any atom is 0.402 e. The summed E-state index contributed by atoms with van der Waals surface area (Å²) in [6.07, 6.45) is -3.81. The Morgan fingerprint density at radius 3 is 2.13 bits per heavy atom. The molecule has 0 radical (unpaired) electrons. The van der Waals surface area contributed by atoms with Crippen molar-refractivity contribution in [3.8, 4) is 0 Å². The summed E-state index contributed by atoms with van der Waals surface area (Å²) in [6, 6.07) is 5.92. The van der Waals surface area contributed by atoms with Crippen LogP contribution in [0, 0.1) is 0 Å². The van der Waals surface area contributed by atoms with Crippen molar-refractivity contribution in [2.45, 2.75) is 25.4 Å². The monoisotopic (exact) mass is 216 g/mol. The highest BCUT2D eigenvalue weighted by Gasteiger charge is 2.40. The van der Waals surface area contributed by atoms with E-state index in [2.05, 4.69) is 0 Å². The first kappa shape index (κ1) is 11.8. The number of alkyl halides is 3. The van der Waals surface area contributed by atoms with Gasteiger partial charge < -0.3 is 4.79 Å². The van der Waals surface area contributed by atoms with Gasteiger partial charge in [0.25, 0.3) is 0 Å². The van der Waals surface area contributed by atoms with Crippen molar-refractivity contribution in [1.82, 2.24) is 0 Å². The van der Waals surface area contributed by atoms with Gasteiger partial charge >= 0.3 is 6.18 Å². The third-order valence-corrected chi connectivity index (χ3v) is 2.24. The molecule has 1 unspecified atom stereocenters. The van der Waals surface area contributed by atoms with Crippen molar-refractivity contribution >= 4 is 6.29 Å². The molecule has 0 bridgehead atoms. The zero-order valence-electron chi connectivity index (χ0n) is 8.21. The van der Waals surface area contributed by atoms with E-state index >= 15 is 0 Å². The van der Waals surface area contributed by atoms with Crippen molar-refractivity contribution in [3.63, 3.8) is 0 Å². The lowest BCUT2D eigenvalue weighted by Crippen LogP contribution is -2.21. The summed E-state index contributed by atoms with van der Waals surface area (Å²) >= 11 is 0. The van der Waals surface area contributed by atoms with Crippen LogP contribution in [0.4, 0.5) is 13.2 Å². The van der Waals surface area contributed by atoms with E-state index in [-0.39, 0.29) is 11.8 Å². The number of hydrogen-bond acceptors (Lipinski definition) is 1. The molecule has 0 heterocycles. The Bertz CT molecular complexity index is 327. The van der Waals surface area contributed by atoms with Crippen LogP contribution in [0.5, 0.6) is 0 Å². The molecule has 0 aliphatic rings. The maximum absolute atomic E-state index is 12.4. The summed E-state index contributed by atoms with van der Waals surface area (Å²) in [7, 11) is 0. The van der Waals surface area contributed by atoms with Crippen molar-refractivity contribution in [3.05, 3.63) is 35.4 Å². The first-order valence-electron chi connectivity index (χ1n) is 4.60. The Hall–Kier alpha value is -1.32. The van der Waals surface area contributed by atoms with Crippen LogP contribution in [0.15, 0.2) is 24.3 Å². The maximum atomic E-state index is 12.4. The molecule has 82 valence electrons. The fourth-order valence-corrected chi connectivity index (χ4v) is 1.31. The number of aldehydes is 1. The number of hydrogen-bond donors (Lipinski definition) is 0. The zero-order chi connectivity index (χ0) is 11.5. The van der Waals surface area contributed by atoms with Gasteiger partial charge in [-0.3, -0.25) is 0 Å². The van der Waals surface area contributed by atoms with Crippen LogP contribution in [-0.4, -0.2) is 12.5 Å². The van der Waals surface area contributed by atoms with Gasteiger partial charge in [0.2, 0.25) is 0 Å². The lowest BCUT2D eigenvalue weighted by Gasteiger charge is -2.14. The Labute approximate surface area is 85.9 Å².